The van der Waals surface area contributed by atoms with E-state index in [-0.39, 0.29) is 17.4 Å². The van der Waals surface area contributed by atoms with Crippen molar-refractivity contribution in [3.63, 3.8) is 0 Å². The number of fused-ring (bicyclic) bond motifs is 1. The molecule has 174 valence electrons. The van der Waals surface area contributed by atoms with Crippen LogP contribution in [0.2, 0.25) is 5.28 Å². The second-order valence-electron chi connectivity index (χ2n) is 8.26. The third-order valence-electron chi connectivity index (χ3n) is 6.15. The molecule has 0 bridgehead atoms. The van der Waals surface area contributed by atoms with E-state index in [4.69, 9.17) is 25.8 Å². The number of aromatic nitrogens is 4. The summed E-state index contributed by atoms with van der Waals surface area (Å²) in [6.45, 7) is 3.18. The molecular formula is C23H27ClN6O3. The van der Waals surface area contributed by atoms with Crippen LogP contribution in [0.1, 0.15) is 25.7 Å². The van der Waals surface area contributed by atoms with E-state index in [1.54, 1.807) is 25.7 Å². The molecule has 2 fully saturated rings. The normalized spacial score (nSPS) is 21.1. The number of hydrogen-bond donors (Lipinski definition) is 1. The SMILES string of the molecule is COc1cnc(Cl)nc1N[C@H]1CC[C@@H](Oc2cc(N3CCOCC3)cc3nccnc23)CC1. The molecule has 0 amide bonds. The van der Waals surface area contributed by atoms with Crippen molar-refractivity contribution in [3.8, 4) is 11.5 Å². The number of anilines is 2. The van der Waals surface area contributed by atoms with Gasteiger partial charge in [0.1, 0.15) is 11.3 Å². The number of rotatable bonds is 6. The summed E-state index contributed by atoms with van der Waals surface area (Å²) in [7, 11) is 1.60. The van der Waals surface area contributed by atoms with Gasteiger partial charge in [0.05, 0.1) is 38.1 Å². The van der Waals surface area contributed by atoms with Crippen LogP contribution in [-0.2, 0) is 4.74 Å². The van der Waals surface area contributed by atoms with Crippen molar-refractivity contribution in [1.82, 2.24) is 19.9 Å². The lowest BCUT2D eigenvalue weighted by atomic mass is 9.93. The van der Waals surface area contributed by atoms with Gasteiger partial charge in [-0.15, -0.1) is 0 Å². The standard InChI is InChI=1S/C23H27ClN6O3/c1-31-20-14-27-23(24)29-22(20)28-15-2-4-17(5-3-15)33-19-13-16(30-8-10-32-11-9-30)12-18-21(19)26-7-6-25-18/h6-7,12-15,17H,2-5,8-11H2,1H3,(H,27,28,29)/t15-,17+. The molecule has 1 saturated carbocycles. The van der Waals surface area contributed by atoms with Crippen molar-refractivity contribution >= 4 is 34.1 Å². The van der Waals surface area contributed by atoms with Crippen molar-refractivity contribution in [2.24, 2.45) is 0 Å². The Balaban J connectivity index is 1.28. The van der Waals surface area contributed by atoms with E-state index >= 15 is 0 Å². The Hall–Kier alpha value is -2.91. The maximum atomic E-state index is 6.50. The van der Waals surface area contributed by atoms with E-state index in [2.05, 4.69) is 42.3 Å². The lowest BCUT2D eigenvalue weighted by Gasteiger charge is -2.31. The molecule has 1 saturated heterocycles. The number of nitrogens with zero attached hydrogens (tertiary/aromatic N) is 5. The Morgan fingerprint density at radius 3 is 2.61 bits per heavy atom. The Labute approximate surface area is 197 Å². The summed E-state index contributed by atoms with van der Waals surface area (Å²) in [6.07, 6.45) is 8.86. The van der Waals surface area contributed by atoms with E-state index in [9.17, 15) is 0 Å². The summed E-state index contributed by atoms with van der Waals surface area (Å²) in [5.74, 6) is 2.01. The summed E-state index contributed by atoms with van der Waals surface area (Å²) in [5.41, 5.74) is 2.75. The summed E-state index contributed by atoms with van der Waals surface area (Å²) in [4.78, 5) is 19.6. The second-order valence-corrected chi connectivity index (χ2v) is 8.60. The Bertz CT molecular complexity index is 1100. The summed E-state index contributed by atoms with van der Waals surface area (Å²) < 4.78 is 17.4. The van der Waals surface area contributed by atoms with Gasteiger partial charge in [-0.25, -0.2) is 9.97 Å². The molecule has 10 heteroatoms. The van der Waals surface area contributed by atoms with Crippen LogP contribution in [0.5, 0.6) is 11.5 Å². The highest BCUT2D eigenvalue weighted by atomic mass is 35.5. The summed E-state index contributed by atoms with van der Waals surface area (Å²) in [5, 5.41) is 3.65. The van der Waals surface area contributed by atoms with Gasteiger partial charge in [0.25, 0.3) is 0 Å². The van der Waals surface area contributed by atoms with E-state index in [0.29, 0.717) is 11.6 Å². The van der Waals surface area contributed by atoms with Gasteiger partial charge in [-0.3, -0.25) is 4.98 Å². The van der Waals surface area contributed by atoms with Crippen molar-refractivity contribution in [3.05, 3.63) is 36.0 Å². The maximum absolute atomic E-state index is 6.50. The van der Waals surface area contributed by atoms with Crippen molar-refractivity contribution < 1.29 is 14.2 Å². The highest BCUT2D eigenvalue weighted by molar-refractivity contribution is 6.28. The van der Waals surface area contributed by atoms with Gasteiger partial charge in [0.2, 0.25) is 5.28 Å². The average Bonchev–Trinajstić information content (AvgIpc) is 2.86. The fourth-order valence-corrected chi connectivity index (χ4v) is 4.56. The molecule has 0 unspecified atom stereocenters. The van der Waals surface area contributed by atoms with Crippen LogP contribution in [0.25, 0.3) is 11.0 Å². The predicted molar refractivity (Wildman–Crippen MR) is 126 cm³/mol. The zero-order valence-corrected chi connectivity index (χ0v) is 19.3. The molecular weight excluding hydrogens is 444 g/mol. The zero-order valence-electron chi connectivity index (χ0n) is 18.5. The average molecular weight is 471 g/mol. The smallest absolute Gasteiger partial charge is 0.224 e. The van der Waals surface area contributed by atoms with E-state index in [0.717, 1.165) is 74.5 Å². The third-order valence-corrected chi connectivity index (χ3v) is 6.34. The number of hydrogen-bond acceptors (Lipinski definition) is 9. The Morgan fingerprint density at radius 2 is 1.82 bits per heavy atom. The topological polar surface area (TPSA) is 94.5 Å². The molecule has 0 atom stereocenters. The molecule has 1 aliphatic carbocycles. The Morgan fingerprint density at radius 1 is 1.03 bits per heavy atom. The molecule has 0 spiro atoms. The molecule has 0 radical (unpaired) electrons. The van der Waals surface area contributed by atoms with Crippen LogP contribution < -0.4 is 19.7 Å². The highest BCUT2D eigenvalue weighted by Crippen LogP contribution is 2.34. The quantitative estimate of drug-likeness (QED) is 0.540. The van der Waals surface area contributed by atoms with Crippen molar-refractivity contribution in [1.29, 1.82) is 0 Å². The van der Waals surface area contributed by atoms with Gasteiger partial charge in [-0.2, -0.15) is 4.98 Å². The first-order valence-corrected chi connectivity index (χ1v) is 11.6. The molecule has 1 aromatic carbocycles. The minimum atomic E-state index is 0.115. The molecule has 5 rings (SSSR count). The number of methoxy groups -OCH3 is 1. The molecule has 3 heterocycles. The monoisotopic (exact) mass is 470 g/mol. The molecule has 3 aromatic rings. The molecule has 2 aliphatic rings. The van der Waals surface area contributed by atoms with Gasteiger partial charge >= 0.3 is 0 Å². The van der Waals surface area contributed by atoms with Crippen LogP contribution in [-0.4, -0.2) is 65.5 Å². The van der Waals surface area contributed by atoms with Crippen LogP contribution in [0.3, 0.4) is 0 Å². The van der Waals surface area contributed by atoms with E-state index in [1.807, 2.05) is 0 Å². The largest absolute Gasteiger partial charge is 0.491 e. The zero-order chi connectivity index (χ0) is 22.6. The molecule has 1 aliphatic heterocycles. The first kappa shape index (κ1) is 21.9. The number of nitrogens with one attached hydrogen (secondary N) is 1. The first-order valence-electron chi connectivity index (χ1n) is 11.3. The molecule has 1 N–H and O–H groups in total. The minimum Gasteiger partial charge on any atom is -0.491 e. The number of ether oxygens (including phenoxy) is 3. The van der Waals surface area contributed by atoms with Crippen LogP contribution in [0.4, 0.5) is 11.5 Å². The van der Waals surface area contributed by atoms with Gasteiger partial charge in [0.15, 0.2) is 11.6 Å². The van der Waals surface area contributed by atoms with Crippen molar-refractivity contribution in [2.75, 3.05) is 43.6 Å². The fraction of sp³-hybridized carbons (Fsp3) is 0.478. The van der Waals surface area contributed by atoms with E-state index in [1.165, 1.54) is 0 Å². The highest BCUT2D eigenvalue weighted by Gasteiger charge is 2.25. The lowest BCUT2D eigenvalue weighted by molar-refractivity contribution is 0.122. The lowest BCUT2D eigenvalue weighted by Crippen LogP contribution is -2.36. The first-order chi connectivity index (χ1) is 16.2. The predicted octanol–water partition coefficient (Wildman–Crippen LogP) is 3.72. The van der Waals surface area contributed by atoms with Gasteiger partial charge in [0, 0.05) is 43.3 Å². The maximum Gasteiger partial charge on any atom is 0.224 e. The number of morpholine rings is 1. The van der Waals surface area contributed by atoms with Crippen molar-refractivity contribution in [2.45, 2.75) is 37.8 Å². The van der Waals surface area contributed by atoms with Gasteiger partial charge in [-0.1, -0.05) is 0 Å². The minimum absolute atomic E-state index is 0.115. The van der Waals surface area contributed by atoms with E-state index < -0.39 is 0 Å². The second kappa shape index (κ2) is 9.93. The van der Waals surface area contributed by atoms with Gasteiger partial charge in [-0.05, 0) is 43.4 Å². The summed E-state index contributed by atoms with van der Waals surface area (Å²) >= 11 is 5.96. The summed E-state index contributed by atoms with van der Waals surface area (Å²) in [6, 6.07) is 4.45. The third kappa shape index (κ3) is 5.04. The van der Waals surface area contributed by atoms with Crippen LogP contribution in [0.15, 0.2) is 30.7 Å². The molecule has 2 aromatic heterocycles. The van der Waals surface area contributed by atoms with Crippen LogP contribution in [0, 0.1) is 0 Å². The molecule has 9 nitrogen and oxygen atoms in total. The fourth-order valence-electron chi connectivity index (χ4n) is 4.42. The number of benzene rings is 1. The number of halogens is 1. The Kier molecular flexibility index (Phi) is 6.59. The van der Waals surface area contributed by atoms with Crippen LogP contribution >= 0.6 is 11.6 Å². The van der Waals surface area contributed by atoms with Gasteiger partial charge < -0.3 is 24.4 Å². The molecule has 33 heavy (non-hydrogen) atoms.